The molecule has 0 amide bonds. The third-order valence-corrected chi connectivity index (χ3v) is 4.02. The van der Waals surface area contributed by atoms with Crippen molar-refractivity contribution in [3.8, 4) is 11.5 Å². The van der Waals surface area contributed by atoms with Crippen LogP contribution in [0.2, 0.25) is 5.02 Å². The predicted octanol–water partition coefficient (Wildman–Crippen LogP) is 3.85. The van der Waals surface area contributed by atoms with Gasteiger partial charge in [0.05, 0.1) is 5.54 Å². The summed E-state index contributed by atoms with van der Waals surface area (Å²) in [5, 5.41) is 4.77. The molecule has 1 fully saturated rings. The van der Waals surface area contributed by atoms with Gasteiger partial charge in [0.15, 0.2) is 5.82 Å². The molecular weight excluding hydrogens is 297 g/mol. The highest BCUT2D eigenvalue weighted by molar-refractivity contribution is 6.30. The smallest absolute Gasteiger partial charge is 0.258 e. The van der Waals surface area contributed by atoms with E-state index in [-0.39, 0.29) is 12.4 Å². The average Bonchev–Trinajstić information content (AvgIpc) is 2.99. The lowest BCUT2D eigenvalue weighted by Gasteiger charge is -2.17. The van der Waals surface area contributed by atoms with E-state index < -0.39 is 5.54 Å². The maximum atomic E-state index is 6.33. The van der Waals surface area contributed by atoms with Crippen LogP contribution in [-0.2, 0) is 5.54 Å². The van der Waals surface area contributed by atoms with Crippen LogP contribution in [-0.4, -0.2) is 10.1 Å². The molecule has 2 N–H and O–H groups in total. The summed E-state index contributed by atoms with van der Waals surface area (Å²) in [6.07, 6.45) is 4.10. The second kappa shape index (κ2) is 5.72. The van der Waals surface area contributed by atoms with Crippen molar-refractivity contribution in [2.45, 2.75) is 38.1 Å². The van der Waals surface area contributed by atoms with Gasteiger partial charge >= 0.3 is 0 Å². The molecule has 1 aliphatic carbocycles. The number of nitrogens with two attached hydrogens (primary N) is 1. The summed E-state index contributed by atoms with van der Waals surface area (Å²) in [6.45, 7) is 1.97. The van der Waals surface area contributed by atoms with Crippen molar-refractivity contribution in [2.24, 2.45) is 5.73 Å². The standard InChI is InChI=1S/C14H16ClN3O.ClH/c1-9-8-10(15)4-5-11(9)12-17-13(18-19-12)14(16)6-2-3-7-14;/h4-5,8H,2-3,6-7,16H2,1H3;1H. The van der Waals surface area contributed by atoms with E-state index >= 15 is 0 Å². The Balaban J connectivity index is 0.00000147. The van der Waals surface area contributed by atoms with Crippen molar-refractivity contribution in [1.29, 1.82) is 0 Å². The Labute approximate surface area is 129 Å². The summed E-state index contributed by atoms with van der Waals surface area (Å²) in [5.74, 6) is 1.13. The molecule has 0 spiro atoms. The Morgan fingerprint density at radius 3 is 2.65 bits per heavy atom. The number of benzene rings is 1. The lowest BCUT2D eigenvalue weighted by Crippen LogP contribution is -2.34. The van der Waals surface area contributed by atoms with Crippen molar-refractivity contribution in [3.63, 3.8) is 0 Å². The van der Waals surface area contributed by atoms with Gasteiger partial charge in [-0.1, -0.05) is 29.6 Å². The molecule has 4 nitrogen and oxygen atoms in total. The van der Waals surface area contributed by atoms with E-state index in [4.69, 9.17) is 21.9 Å². The molecule has 0 saturated heterocycles. The number of halogens is 2. The van der Waals surface area contributed by atoms with Gasteiger partial charge in [-0.05, 0) is 43.5 Å². The van der Waals surface area contributed by atoms with Gasteiger partial charge in [0.1, 0.15) is 0 Å². The fourth-order valence-corrected chi connectivity index (χ4v) is 2.86. The molecule has 0 bridgehead atoms. The molecule has 2 aromatic rings. The first kappa shape index (κ1) is 15.3. The van der Waals surface area contributed by atoms with Gasteiger partial charge in [-0.3, -0.25) is 0 Å². The molecule has 6 heteroatoms. The van der Waals surface area contributed by atoms with Crippen molar-refractivity contribution < 1.29 is 4.52 Å². The first-order valence-electron chi connectivity index (χ1n) is 6.48. The summed E-state index contributed by atoms with van der Waals surface area (Å²) < 4.78 is 5.36. The predicted molar refractivity (Wildman–Crippen MR) is 81.1 cm³/mol. The fraction of sp³-hybridized carbons (Fsp3) is 0.429. The van der Waals surface area contributed by atoms with Crippen LogP contribution in [0.4, 0.5) is 0 Å². The van der Waals surface area contributed by atoms with Crippen LogP contribution < -0.4 is 5.73 Å². The molecule has 1 saturated carbocycles. The molecule has 0 atom stereocenters. The quantitative estimate of drug-likeness (QED) is 0.914. The fourth-order valence-electron chi connectivity index (χ4n) is 2.63. The van der Waals surface area contributed by atoms with Gasteiger partial charge in [-0.15, -0.1) is 12.4 Å². The van der Waals surface area contributed by atoms with Crippen LogP contribution in [0.5, 0.6) is 0 Å². The Hall–Kier alpha value is -1.10. The van der Waals surface area contributed by atoms with E-state index in [1.54, 1.807) is 0 Å². The third-order valence-electron chi connectivity index (χ3n) is 3.79. The number of aromatic nitrogens is 2. The molecule has 1 aliphatic rings. The highest BCUT2D eigenvalue weighted by Crippen LogP contribution is 2.35. The van der Waals surface area contributed by atoms with E-state index in [1.165, 1.54) is 0 Å². The molecule has 1 heterocycles. The molecular formula is C14H17Cl2N3O. The summed E-state index contributed by atoms with van der Waals surface area (Å²) in [7, 11) is 0. The Kier molecular flexibility index (Phi) is 4.37. The van der Waals surface area contributed by atoms with E-state index in [0.717, 1.165) is 36.8 Å². The van der Waals surface area contributed by atoms with Crippen LogP contribution >= 0.6 is 24.0 Å². The number of hydrogen-bond donors (Lipinski definition) is 1. The number of hydrogen-bond acceptors (Lipinski definition) is 4. The Morgan fingerprint density at radius 1 is 1.30 bits per heavy atom. The van der Waals surface area contributed by atoms with Gasteiger partial charge in [0, 0.05) is 10.6 Å². The Morgan fingerprint density at radius 2 is 2.00 bits per heavy atom. The van der Waals surface area contributed by atoms with Crippen LogP contribution in [0, 0.1) is 6.92 Å². The summed E-state index contributed by atoms with van der Waals surface area (Å²) in [4.78, 5) is 4.48. The maximum Gasteiger partial charge on any atom is 0.258 e. The van der Waals surface area contributed by atoms with E-state index in [1.807, 2.05) is 25.1 Å². The topological polar surface area (TPSA) is 64.9 Å². The van der Waals surface area contributed by atoms with Crippen molar-refractivity contribution in [1.82, 2.24) is 10.1 Å². The summed E-state index contributed by atoms with van der Waals surface area (Å²) in [5.41, 5.74) is 7.83. The van der Waals surface area contributed by atoms with Crippen LogP contribution in [0.3, 0.4) is 0 Å². The minimum Gasteiger partial charge on any atom is -0.334 e. The van der Waals surface area contributed by atoms with Gasteiger partial charge < -0.3 is 10.3 Å². The number of nitrogens with zero attached hydrogens (tertiary/aromatic N) is 2. The van der Waals surface area contributed by atoms with Crippen molar-refractivity contribution >= 4 is 24.0 Å². The minimum absolute atomic E-state index is 0. The van der Waals surface area contributed by atoms with Gasteiger partial charge in [0.25, 0.3) is 5.89 Å². The maximum absolute atomic E-state index is 6.33. The van der Waals surface area contributed by atoms with Crippen LogP contribution in [0.15, 0.2) is 22.7 Å². The van der Waals surface area contributed by atoms with E-state index in [0.29, 0.717) is 16.7 Å². The van der Waals surface area contributed by atoms with Crippen LogP contribution in [0.1, 0.15) is 37.1 Å². The second-order valence-electron chi connectivity index (χ2n) is 5.25. The molecule has 0 aliphatic heterocycles. The normalized spacial score (nSPS) is 16.9. The van der Waals surface area contributed by atoms with Crippen molar-refractivity contribution in [2.75, 3.05) is 0 Å². The number of rotatable bonds is 2. The molecule has 108 valence electrons. The summed E-state index contributed by atoms with van der Waals surface area (Å²) >= 11 is 5.95. The molecule has 3 rings (SSSR count). The second-order valence-corrected chi connectivity index (χ2v) is 5.68. The van der Waals surface area contributed by atoms with Crippen LogP contribution in [0.25, 0.3) is 11.5 Å². The Bertz CT molecular complexity index is 606. The van der Waals surface area contributed by atoms with Gasteiger partial charge in [-0.25, -0.2) is 0 Å². The number of aryl methyl sites for hydroxylation is 1. The van der Waals surface area contributed by atoms with Gasteiger partial charge in [0.2, 0.25) is 0 Å². The molecule has 1 aromatic heterocycles. The van der Waals surface area contributed by atoms with Crippen molar-refractivity contribution in [3.05, 3.63) is 34.6 Å². The SMILES string of the molecule is Cc1cc(Cl)ccc1-c1nc(C2(N)CCCC2)no1.Cl. The zero-order valence-corrected chi connectivity index (χ0v) is 12.8. The van der Waals surface area contributed by atoms with Gasteiger partial charge in [-0.2, -0.15) is 4.98 Å². The third kappa shape index (κ3) is 2.68. The molecule has 0 unspecified atom stereocenters. The lowest BCUT2D eigenvalue weighted by molar-refractivity contribution is 0.372. The zero-order chi connectivity index (χ0) is 13.5. The summed E-state index contributed by atoms with van der Waals surface area (Å²) in [6, 6.07) is 5.60. The molecule has 1 aromatic carbocycles. The van der Waals surface area contributed by atoms with E-state index in [2.05, 4.69) is 10.1 Å². The minimum atomic E-state index is -0.415. The zero-order valence-electron chi connectivity index (χ0n) is 11.2. The first-order valence-corrected chi connectivity index (χ1v) is 6.86. The monoisotopic (exact) mass is 313 g/mol. The first-order chi connectivity index (χ1) is 9.08. The molecule has 0 radical (unpaired) electrons. The highest BCUT2D eigenvalue weighted by Gasteiger charge is 2.36. The lowest BCUT2D eigenvalue weighted by atomic mass is 9.98. The highest BCUT2D eigenvalue weighted by atomic mass is 35.5. The molecule has 20 heavy (non-hydrogen) atoms. The average molecular weight is 314 g/mol. The van der Waals surface area contributed by atoms with E-state index in [9.17, 15) is 0 Å². The largest absolute Gasteiger partial charge is 0.334 e.